The molecular weight excluding hydrogens is 575 g/mol. The predicted octanol–water partition coefficient (Wildman–Crippen LogP) is 4.95. The maximum absolute atomic E-state index is 4.55. The fourth-order valence-corrected chi connectivity index (χ4v) is 3.30. The average Bonchev–Trinajstić information content (AvgIpc) is 3.12. The summed E-state index contributed by atoms with van der Waals surface area (Å²) in [7, 11) is 0. The SMILES string of the molecule is [CH3-].[Ir].[Y].[c-]1cccc2c1c1nccn1c1c(-c3ccncc3)cccc21. The first kappa shape index (κ1) is 20.9. The number of pyridine rings is 2. The van der Waals surface area contributed by atoms with Gasteiger partial charge in [-0.05, 0) is 23.1 Å². The maximum Gasteiger partial charge on any atom is 0.0608 e. The van der Waals surface area contributed by atoms with Gasteiger partial charge in [-0.2, -0.15) is 0 Å². The number of hydrogen-bond acceptors (Lipinski definition) is 2. The van der Waals surface area contributed by atoms with Gasteiger partial charge in [0.15, 0.2) is 0 Å². The van der Waals surface area contributed by atoms with Gasteiger partial charge in [0.05, 0.1) is 5.65 Å². The Balaban J connectivity index is 0.000000810. The molecule has 3 heterocycles. The Labute approximate surface area is 191 Å². The Kier molecular flexibility index (Phi) is 6.82. The summed E-state index contributed by atoms with van der Waals surface area (Å²) in [6, 6.07) is 19.9. The largest absolute Gasteiger partial charge is 0.358 e. The molecule has 3 nitrogen and oxygen atoms in total. The topological polar surface area (TPSA) is 30.2 Å². The van der Waals surface area contributed by atoms with Gasteiger partial charge in [-0.15, -0.1) is 29.7 Å². The van der Waals surface area contributed by atoms with Crippen LogP contribution in [-0.2, 0) is 52.8 Å². The van der Waals surface area contributed by atoms with Crippen LogP contribution in [-0.4, -0.2) is 14.4 Å². The van der Waals surface area contributed by atoms with Crippen molar-refractivity contribution in [3.63, 3.8) is 0 Å². The van der Waals surface area contributed by atoms with E-state index >= 15 is 0 Å². The minimum Gasteiger partial charge on any atom is -0.358 e. The maximum atomic E-state index is 4.55. The number of imidazole rings is 1. The van der Waals surface area contributed by atoms with Crippen molar-refractivity contribution in [3.8, 4) is 11.1 Å². The number of hydrogen-bond donors (Lipinski definition) is 0. The first-order valence-electron chi connectivity index (χ1n) is 7.52. The van der Waals surface area contributed by atoms with Gasteiger partial charge in [0, 0.05) is 88.7 Å². The van der Waals surface area contributed by atoms with Gasteiger partial charge in [0.1, 0.15) is 0 Å². The van der Waals surface area contributed by atoms with E-state index in [9.17, 15) is 0 Å². The smallest absolute Gasteiger partial charge is 0.0608 e. The van der Waals surface area contributed by atoms with Crippen molar-refractivity contribution in [2.45, 2.75) is 0 Å². The van der Waals surface area contributed by atoms with Gasteiger partial charge in [-0.1, -0.05) is 23.6 Å². The first-order valence-corrected chi connectivity index (χ1v) is 7.52. The molecule has 3 aromatic heterocycles. The van der Waals surface area contributed by atoms with Crippen molar-refractivity contribution in [1.82, 2.24) is 14.4 Å². The zero-order chi connectivity index (χ0) is 15.2. The van der Waals surface area contributed by atoms with Crippen LogP contribution in [0.1, 0.15) is 0 Å². The van der Waals surface area contributed by atoms with Gasteiger partial charge in [-0.3, -0.25) is 9.97 Å². The van der Waals surface area contributed by atoms with Crippen LogP contribution in [0.5, 0.6) is 0 Å². The molecule has 0 N–H and O–H groups in total. The molecule has 2 radical (unpaired) electrons. The molecule has 5 rings (SSSR count). The molecule has 0 amide bonds. The monoisotopic (exact) mass is 591 g/mol. The first-order chi connectivity index (χ1) is 11.4. The van der Waals surface area contributed by atoms with E-state index in [1.165, 1.54) is 21.9 Å². The van der Waals surface area contributed by atoms with E-state index in [0.29, 0.717) is 0 Å². The van der Waals surface area contributed by atoms with Crippen molar-refractivity contribution in [3.05, 3.63) is 86.8 Å². The summed E-state index contributed by atoms with van der Waals surface area (Å²) >= 11 is 0. The minimum atomic E-state index is 0. The zero-order valence-corrected chi connectivity index (χ0v) is 19.4. The average molecular weight is 590 g/mol. The molecule has 0 saturated carbocycles. The van der Waals surface area contributed by atoms with E-state index in [4.69, 9.17) is 0 Å². The molecule has 0 unspecified atom stereocenters. The van der Waals surface area contributed by atoms with E-state index in [-0.39, 0.29) is 60.2 Å². The van der Waals surface area contributed by atoms with Crippen LogP contribution in [0.2, 0.25) is 0 Å². The molecular formula is C21H15IrN3Y-2. The molecule has 0 fully saturated rings. The number of benzene rings is 2. The van der Waals surface area contributed by atoms with Gasteiger partial charge in [0.25, 0.3) is 0 Å². The molecule has 0 aliphatic rings. The number of rotatable bonds is 1. The zero-order valence-electron chi connectivity index (χ0n) is 14.2. The summed E-state index contributed by atoms with van der Waals surface area (Å²) in [6.07, 6.45) is 7.52. The van der Waals surface area contributed by atoms with Gasteiger partial charge >= 0.3 is 0 Å². The number of para-hydroxylation sites is 1. The van der Waals surface area contributed by atoms with Crippen LogP contribution < -0.4 is 0 Å². The van der Waals surface area contributed by atoms with Crippen molar-refractivity contribution in [1.29, 1.82) is 0 Å². The van der Waals surface area contributed by atoms with E-state index in [1.54, 1.807) is 0 Å². The van der Waals surface area contributed by atoms with E-state index in [1.807, 2.05) is 49.1 Å². The summed E-state index contributed by atoms with van der Waals surface area (Å²) in [4.78, 5) is 8.68. The molecule has 0 bridgehead atoms. The Morgan fingerprint density at radius 3 is 2.46 bits per heavy atom. The molecule has 0 atom stereocenters. The standard InChI is InChI=1S/C20H12N3.CH3.Ir.Y/c1-2-5-18-16(4-1)17-7-3-6-15(14-8-10-21-11-9-14)19(17)23-13-12-22-20(18)23;;;/h1-4,6-13H;1H3;;/q2*-1;;. The minimum absolute atomic E-state index is 0. The van der Waals surface area contributed by atoms with Crippen LogP contribution in [0.25, 0.3) is 38.4 Å². The van der Waals surface area contributed by atoms with E-state index in [0.717, 1.165) is 16.6 Å². The van der Waals surface area contributed by atoms with E-state index in [2.05, 4.69) is 44.7 Å². The van der Waals surface area contributed by atoms with Crippen molar-refractivity contribution >= 4 is 27.3 Å². The number of aromatic nitrogens is 3. The summed E-state index contributed by atoms with van der Waals surface area (Å²) in [5.41, 5.74) is 4.44. The van der Waals surface area contributed by atoms with Crippen LogP contribution >= 0.6 is 0 Å². The quantitative estimate of drug-likeness (QED) is 0.205. The number of nitrogens with zero attached hydrogens (tertiary/aromatic N) is 3. The van der Waals surface area contributed by atoms with Crippen LogP contribution in [0, 0.1) is 13.5 Å². The summed E-state index contributed by atoms with van der Waals surface area (Å²) in [6.45, 7) is 0. The van der Waals surface area contributed by atoms with Crippen molar-refractivity contribution < 1.29 is 52.8 Å². The molecule has 2 aromatic carbocycles. The molecule has 0 aliphatic heterocycles. The van der Waals surface area contributed by atoms with Gasteiger partial charge < -0.3 is 11.8 Å². The second-order valence-electron chi connectivity index (χ2n) is 5.52. The third-order valence-corrected chi connectivity index (χ3v) is 4.28. The molecule has 0 spiro atoms. The normalized spacial score (nSPS) is 10.2. The Morgan fingerprint density at radius 1 is 0.885 bits per heavy atom. The molecule has 26 heavy (non-hydrogen) atoms. The molecule has 5 heteroatoms. The van der Waals surface area contributed by atoms with Crippen LogP contribution in [0.15, 0.2) is 73.3 Å². The Hall–Kier alpha value is -1.45. The molecule has 0 saturated heterocycles. The van der Waals surface area contributed by atoms with Crippen LogP contribution in [0.3, 0.4) is 0 Å². The second kappa shape index (κ2) is 8.50. The van der Waals surface area contributed by atoms with Crippen molar-refractivity contribution in [2.75, 3.05) is 0 Å². The molecule has 0 aliphatic carbocycles. The second-order valence-corrected chi connectivity index (χ2v) is 5.52. The number of fused-ring (bicyclic) bond motifs is 6. The predicted molar refractivity (Wildman–Crippen MR) is 98.7 cm³/mol. The third kappa shape index (κ3) is 3.16. The molecule has 5 aromatic rings. The summed E-state index contributed by atoms with van der Waals surface area (Å²) in [5, 5.41) is 3.44. The Bertz CT molecular complexity index is 1170. The third-order valence-electron chi connectivity index (χ3n) is 4.28. The van der Waals surface area contributed by atoms with Crippen molar-refractivity contribution in [2.24, 2.45) is 0 Å². The van der Waals surface area contributed by atoms with E-state index < -0.39 is 0 Å². The summed E-state index contributed by atoms with van der Waals surface area (Å²) in [5.74, 6) is 0. The molecule has 128 valence electrons. The van der Waals surface area contributed by atoms with Crippen LogP contribution in [0.4, 0.5) is 0 Å². The van der Waals surface area contributed by atoms with Gasteiger partial charge in [-0.25, -0.2) is 0 Å². The van der Waals surface area contributed by atoms with Gasteiger partial charge in [0.2, 0.25) is 0 Å². The Morgan fingerprint density at radius 2 is 1.65 bits per heavy atom. The fourth-order valence-electron chi connectivity index (χ4n) is 3.30. The summed E-state index contributed by atoms with van der Waals surface area (Å²) < 4.78 is 2.16. The fraction of sp³-hybridized carbons (Fsp3) is 0.